The van der Waals surface area contributed by atoms with Gasteiger partial charge < -0.3 is 15.6 Å². The summed E-state index contributed by atoms with van der Waals surface area (Å²) in [5.74, 6) is -1.10. The summed E-state index contributed by atoms with van der Waals surface area (Å²) in [6, 6.07) is 3.81. The Kier molecular flexibility index (Phi) is 4.45. The summed E-state index contributed by atoms with van der Waals surface area (Å²) in [5, 5.41) is 8.75. The van der Waals surface area contributed by atoms with Gasteiger partial charge in [-0.05, 0) is 44.0 Å². The van der Waals surface area contributed by atoms with E-state index in [4.69, 9.17) is 15.6 Å². The minimum Gasteiger partial charge on any atom is -0.479 e. The van der Waals surface area contributed by atoms with Crippen molar-refractivity contribution >= 4 is 5.97 Å². The summed E-state index contributed by atoms with van der Waals surface area (Å²) < 4.78 is 18.3. The van der Waals surface area contributed by atoms with Crippen LogP contribution in [0.15, 0.2) is 18.2 Å². The lowest BCUT2D eigenvalue weighted by Gasteiger charge is -2.15. The molecule has 5 heteroatoms. The molecule has 0 aliphatic rings. The number of rotatable bonds is 5. The lowest BCUT2D eigenvalue weighted by molar-refractivity contribution is -0.144. The number of aliphatic carboxylic acids is 1. The predicted octanol–water partition coefficient (Wildman–Crippen LogP) is 1.57. The van der Waals surface area contributed by atoms with Crippen molar-refractivity contribution < 1.29 is 19.0 Å². The molecule has 4 nitrogen and oxygen atoms in total. The van der Waals surface area contributed by atoms with E-state index in [1.54, 1.807) is 6.92 Å². The van der Waals surface area contributed by atoms with Gasteiger partial charge in [0, 0.05) is 6.04 Å². The van der Waals surface area contributed by atoms with Gasteiger partial charge in [0.25, 0.3) is 0 Å². The second-order valence-electron chi connectivity index (χ2n) is 4.03. The van der Waals surface area contributed by atoms with Gasteiger partial charge >= 0.3 is 5.97 Å². The monoisotopic (exact) mass is 241 g/mol. The lowest BCUT2D eigenvalue weighted by atomic mass is 10.1. The summed E-state index contributed by atoms with van der Waals surface area (Å²) in [6.45, 7) is 3.21. The third kappa shape index (κ3) is 4.03. The molecule has 94 valence electrons. The Labute approximate surface area is 99.2 Å². The average molecular weight is 241 g/mol. The topological polar surface area (TPSA) is 72.5 Å². The lowest BCUT2D eigenvalue weighted by Crippen LogP contribution is -2.24. The van der Waals surface area contributed by atoms with Crippen LogP contribution in [-0.4, -0.2) is 23.2 Å². The normalized spacial score (nSPS) is 14.1. The average Bonchev–Trinajstić information content (AvgIpc) is 2.20. The van der Waals surface area contributed by atoms with Crippen molar-refractivity contribution in [2.45, 2.75) is 32.4 Å². The third-order valence-electron chi connectivity index (χ3n) is 2.22. The van der Waals surface area contributed by atoms with E-state index in [-0.39, 0.29) is 6.04 Å². The number of nitrogens with two attached hydrogens (primary N) is 1. The van der Waals surface area contributed by atoms with Crippen LogP contribution in [-0.2, 0) is 11.2 Å². The molecule has 0 heterocycles. The molecular weight excluding hydrogens is 225 g/mol. The maximum atomic E-state index is 13.1. The van der Waals surface area contributed by atoms with Crippen LogP contribution in [0.4, 0.5) is 4.39 Å². The largest absolute Gasteiger partial charge is 0.479 e. The molecule has 1 aromatic carbocycles. The predicted molar refractivity (Wildman–Crippen MR) is 61.5 cm³/mol. The van der Waals surface area contributed by atoms with Crippen LogP contribution in [0.3, 0.4) is 0 Å². The summed E-state index contributed by atoms with van der Waals surface area (Å²) in [4.78, 5) is 10.7. The molecule has 0 bridgehead atoms. The molecule has 2 unspecified atom stereocenters. The Morgan fingerprint density at radius 1 is 1.53 bits per heavy atom. The van der Waals surface area contributed by atoms with Crippen LogP contribution in [0.1, 0.15) is 19.4 Å². The SMILES string of the molecule is CC(N)Cc1cc(F)ccc1OC(C)C(=O)O. The highest BCUT2D eigenvalue weighted by molar-refractivity contribution is 5.72. The number of carbonyl (C=O) groups is 1. The van der Waals surface area contributed by atoms with E-state index in [1.807, 2.05) is 0 Å². The highest BCUT2D eigenvalue weighted by Crippen LogP contribution is 2.22. The molecule has 1 aromatic rings. The van der Waals surface area contributed by atoms with Crippen molar-refractivity contribution in [2.75, 3.05) is 0 Å². The minimum atomic E-state index is -1.07. The highest BCUT2D eigenvalue weighted by atomic mass is 19.1. The molecule has 0 aromatic heterocycles. The van der Waals surface area contributed by atoms with Gasteiger partial charge in [-0.25, -0.2) is 9.18 Å². The van der Waals surface area contributed by atoms with Crippen molar-refractivity contribution in [3.05, 3.63) is 29.6 Å². The van der Waals surface area contributed by atoms with E-state index < -0.39 is 17.9 Å². The minimum absolute atomic E-state index is 0.153. The summed E-state index contributed by atoms with van der Waals surface area (Å²) in [5.41, 5.74) is 6.22. The second-order valence-corrected chi connectivity index (χ2v) is 4.03. The molecule has 1 rings (SSSR count). The number of hydrogen-bond donors (Lipinski definition) is 2. The van der Waals surface area contributed by atoms with Gasteiger partial charge in [0.1, 0.15) is 11.6 Å². The first kappa shape index (κ1) is 13.4. The number of carboxylic acids is 1. The van der Waals surface area contributed by atoms with E-state index in [2.05, 4.69) is 0 Å². The van der Waals surface area contributed by atoms with Crippen LogP contribution in [0.2, 0.25) is 0 Å². The standard InChI is InChI=1S/C12H16FNO3/c1-7(14)5-9-6-10(13)3-4-11(9)17-8(2)12(15)16/h3-4,6-8H,5,14H2,1-2H3,(H,15,16). The zero-order chi connectivity index (χ0) is 13.0. The van der Waals surface area contributed by atoms with Gasteiger partial charge in [0.15, 0.2) is 6.10 Å². The molecule has 0 aliphatic carbocycles. The van der Waals surface area contributed by atoms with E-state index in [0.717, 1.165) is 0 Å². The number of ether oxygens (including phenoxy) is 1. The van der Waals surface area contributed by atoms with E-state index in [9.17, 15) is 9.18 Å². The molecule has 0 amide bonds. The van der Waals surface area contributed by atoms with Crippen LogP contribution in [0.5, 0.6) is 5.75 Å². The van der Waals surface area contributed by atoms with E-state index in [0.29, 0.717) is 17.7 Å². The van der Waals surface area contributed by atoms with Gasteiger partial charge in [-0.15, -0.1) is 0 Å². The van der Waals surface area contributed by atoms with Gasteiger partial charge in [0.2, 0.25) is 0 Å². The summed E-state index contributed by atoms with van der Waals surface area (Å²) >= 11 is 0. The third-order valence-corrected chi connectivity index (χ3v) is 2.22. The fourth-order valence-corrected chi connectivity index (χ4v) is 1.41. The first-order valence-corrected chi connectivity index (χ1v) is 5.33. The Bertz CT molecular complexity index is 407. The van der Waals surface area contributed by atoms with E-state index >= 15 is 0 Å². The number of carboxylic acid groups (broad SMARTS) is 1. The maximum Gasteiger partial charge on any atom is 0.344 e. The first-order chi connectivity index (χ1) is 7.90. The highest BCUT2D eigenvalue weighted by Gasteiger charge is 2.15. The molecule has 0 spiro atoms. The Hall–Kier alpha value is -1.62. The van der Waals surface area contributed by atoms with Crippen molar-refractivity contribution in [2.24, 2.45) is 5.73 Å². The molecule has 2 atom stereocenters. The van der Waals surface area contributed by atoms with Crippen LogP contribution in [0.25, 0.3) is 0 Å². The summed E-state index contributed by atoms with van der Waals surface area (Å²) in [7, 11) is 0. The fourth-order valence-electron chi connectivity index (χ4n) is 1.41. The molecule has 17 heavy (non-hydrogen) atoms. The molecular formula is C12H16FNO3. The Morgan fingerprint density at radius 2 is 2.18 bits per heavy atom. The maximum absolute atomic E-state index is 13.1. The number of halogens is 1. The Morgan fingerprint density at radius 3 is 2.71 bits per heavy atom. The zero-order valence-electron chi connectivity index (χ0n) is 9.81. The quantitative estimate of drug-likeness (QED) is 0.820. The number of hydrogen-bond acceptors (Lipinski definition) is 3. The van der Waals surface area contributed by atoms with Crippen molar-refractivity contribution in [3.63, 3.8) is 0 Å². The van der Waals surface area contributed by atoms with Gasteiger partial charge in [-0.1, -0.05) is 0 Å². The summed E-state index contributed by atoms with van der Waals surface area (Å²) in [6.07, 6.45) is -0.549. The van der Waals surface area contributed by atoms with Crippen molar-refractivity contribution in [1.82, 2.24) is 0 Å². The van der Waals surface area contributed by atoms with Gasteiger partial charge in [-0.3, -0.25) is 0 Å². The zero-order valence-corrected chi connectivity index (χ0v) is 9.81. The second kappa shape index (κ2) is 5.63. The number of benzene rings is 1. The van der Waals surface area contributed by atoms with Crippen molar-refractivity contribution in [3.8, 4) is 5.75 Å². The van der Waals surface area contributed by atoms with Crippen LogP contribution >= 0.6 is 0 Å². The molecule has 0 saturated carbocycles. The molecule has 0 aliphatic heterocycles. The molecule has 3 N–H and O–H groups in total. The van der Waals surface area contributed by atoms with Gasteiger partial charge in [-0.2, -0.15) is 0 Å². The van der Waals surface area contributed by atoms with Crippen LogP contribution in [0, 0.1) is 5.82 Å². The van der Waals surface area contributed by atoms with Crippen LogP contribution < -0.4 is 10.5 Å². The smallest absolute Gasteiger partial charge is 0.344 e. The molecule has 0 fully saturated rings. The Balaban J connectivity index is 2.93. The van der Waals surface area contributed by atoms with E-state index in [1.165, 1.54) is 25.1 Å². The molecule has 0 saturated heterocycles. The van der Waals surface area contributed by atoms with Crippen molar-refractivity contribution in [1.29, 1.82) is 0 Å². The first-order valence-electron chi connectivity index (χ1n) is 5.33. The molecule has 0 radical (unpaired) electrons. The van der Waals surface area contributed by atoms with Gasteiger partial charge in [0.05, 0.1) is 0 Å². The fraction of sp³-hybridized carbons (Fsp3) is 0.417.